The Morgan fingerprint density at radius 2 is 1.84 bits per heavy atom. The van der Waals surface area contributed by atoms with Gasteiger partial charge in [0, 0.05) is 16.8 Å². The molecule has 96 valence electrons. The summed E-state index contributed by atoms with van der Waals surface area (Å²) < 4.78 is 0. The number of aromatic hydroxyl groups is 1. The summed E-state index contributed by atoms with van der Waals surface area (Å²) in [6, 6.07) is 10.7. The minimum Gasteiger partial charge on any atom is -0.506 e. The number of hydrogen-bond acceptors (Lipinski definition) is 3. The monoisotopic (exact) mass is 275 g/mol. The smallest absolute Gasteiger partial charge is 0.255 e. The van der Waals surface area contributed by atoms with Gasteiger partial charge in [-0.25, -0.2) is 0 Å². The van der Waals surface area contributed by atoms with Crippen molar-refractivity contribution >= 4 is 29.5 Å². The number of carbonyl (C=O) groups is 2. The number of phenolic OH excluding ortho intramolecular Hbond substituents is 1. The van der Waals surface area contributed by atoms with E-state index in [0.717, 1.165) is 6.29 Å². The average molecular weight is 276 g/mol. The predicted molar refractivity (Wildman–Crippen MR) is 72.9 cm³/mol. The zero-order valence-corrected chi connectivity index (χ0v) is 10.5. The largest absolute Gasteiger partial charge is 0.506 e. The van der Waals surface area contributed by atoms with Crippen LogP contribution in [0.15, 0.2) is 42.5 Å². The van der Waals surface area contributed by atoms with E-state index < -0.39 is 0 Å². The van der Waals surface area contributed by atoms with Crippen LogP contribution < -0.4 is 5.32 Å². The number of aldehydes is 1. The number of nitrogens with one attached hydrogen (secondary N) is 1. The maximum Gasteiger partial charge on any atom is 0.255 e. The van der Waals surface area contributed by atoms with E-state index in [2.05, 4.69) is 5.32 Å². The van der Waals surface area contributed by atoms with Crippen molar-refractivity contribution < 1.29 is 14.7 Å². The van der Waals surface area contributed by atoms with E-state index in [1.165, 1.54) is 18.2 Å². The number of amides is 1. The van der Waals surface area contributed by atoms with Crippen LogP contribution in [-0.4, -0.2) is 17.3 Å². The molecule has 5 heteroatoms. The van der Waals surface area contributed by atoms with Crippen LogP contribution in [0.3, 0.4) is 0 Å². The highest BCUT2D eigenvalue weighted by atomic mass is 35.5. The van der Waals surface area contributed by atoms with Crippen molar-refractivity contribution in [1.29, 1.82) is 0 Å². The predicted octanol–water partition coefficient (Wildman–Crippen LogP) is 3.11. The van der Waals surface area contributed by atoms with Gasteiger partial charge in [-0.1, -0.05) is 11.6 Å². The fourth-order valence-corrected chi connectivity index (χ4v) is 1.68. The van der Waals surface area contributed by atoms with E-state index in [-0.39, 0.29) is 16.7 Å². The van der Waals surface area contributed by atoms with Crippen molar-refractivity contribution in [2.45, 2.75) is 0 Å². The number of carbonyl (C=O) groups excluding carboxylic acids is 2. The first-order valence-corrected chi connectivity index (χ1v) is 5.83. The molecule has 0 radical (unpaired) electrons. The topological polar surface area (TPSA) is 66.4 Å². The van der Waals surface area contributed by atoms with E-state index in [1.807, 2.05) is 0 Å². The first-order valence-electron chi connectivity index (χ1n) is 5.45. The standard InChI is InChI=1S/C14H10ClNO3/c15-12-7-10(3-6-13(12)18)14(19)16-11-4-1-9(8-17)2-5-11/h1-8,18H,(H,16,19). The van der Waals surface area contributed by atoms with Crippen molar-refractivity contribution in [2.24, 2.45) is 0 Å². The summed E-state index contributed by atoms with van der Waals surface area (Å²) in [5.74, 6) is -0.422. The van der Waals surface area contributed by atoms with Crippen LogP contribution in [0, 0.1) is 0 Å². The third kappa shape index (κ3) is 3.11. The van der Waals surface area contributed by atoms with Gasteiger partial charge in [0.25, 0.3) is 5.91 Å². The van der Waals surface area contributed by atoms with Gasteiger partial charge in [0.15, 0.2) is 0 Å². The number of benzene rings is 2. The SMILES string of the molecule is O=Cc1ccc(NC(=O)c2ccc(O)c(Cl)c2)cc1. The van der Waals surface area contributed by atoms with E-state index in [4.69, 9.17) is 11.6 Å². The average Bonchev–Trinajstić information content (AvgIpc) is 2.42. The summed E-state index contributed by atoms with van der Waals surface area (Å²) in [4.78, 5) is 22.4. The highest BCUT2D eigenvalue weighted by Gasteiger charge is 2.08. The molecule has 0 aliphatic heterocycles. The molecule has 0 spiro atoms. The Bertz CT molecular complexity index is 623. The lowest BCUT2D eigenvalue weighted by molar-refractivity contribution is 0.102. The summed E-state index contributed by atoms with van der Waals surface area (Å²) in [6.45, 7) is 0. The van der Waals surface area contributed by atoms with Crippen LogP contribution in [0.5, 0.6) is 5.75 Å². The van der Waals surface area contributed by atoms with Crippen molar-refractivity contribution in [3.63, 3.8) is 0 Å². The fourth-order valence-electron chi connectivity index (χ4n) is 1.50. The molecule has 0 aliphatic rings. The minimum absolute atomic E-state index is 0.0754. The molecule has 2 N–H and O–H groups in total. The fraction of sp³-hybridized carbons (Fsp3) is 0. The molecule has 0 heterocycles. The quantitative estimate of drug-likeness (QED) is 0.846. The first kappa shape index (κ1) is 13.1. The van der Waals surface area contributed by atoms with Crippen LogP contribution in [0.4, 0.5) is 5.69 Å². The van der Waals surface area contributed by atoms with Crippen LogP contribution in [0.1, 0.15) is 20.7 Å². The van der Waals surface area contributed by atoms with Gasteiger partial charge in [-0.3, -0.25) is 9.59 Å². The number of rotatable bonds is 3. The van der Waals surface area contributed by atoms with Gasteiger partial charge in [-0.2, -0.15) is 0 Å². The van der Waals surface area contributed by atoms with E-state index in [1.54, 1.807) is 24.3 Å². The van der Waals surface area contributed by atoms with Gasteiger partial charge in [0.2, 0.25) is 0 Å². The molecule has 19 heavy (non-hydrogen) atoms. The van der Waals surface area contributed by atoms with Crippen LogP contribution in [-0.2, 0) is 0 Å². The normalized spacial score (nSPS) is 9.95. The van der Waals surface area contributed by atoms with Gasteiger partial charge in [-0.05, 0) is 42.5 Å². The Morgan fingerprint density at radius 1 is 1.16 bits per heavy atom. The molecule has 2 rings (SSSR count). The molecule has 0 aliphatic carbocycles. The third-order valence-electron chi connectivity index (χ3n) is 2.51. The Labute approximate surface area is 114 Å². The summed E-state index contributed by atoms with van der Waals surface area (Å²) in [5.41, 5.74) is 1.44. The Kier molecular flexibility index (Phi) is 3.82. The molecular formula is C14H10ClNO3. The van der Waals surface area contributed by atoms with Gasteiger partial charge < -0.3 is 10.4 Å². The lowest BCUT2D eigenvalue weighted by atomic mass is 10.2. The second kappa shape index (κ2) is 5.54. The molecule has 0 atom stereocenters. The molecule has 0 saturated heterocycles. The van der Waals surface area contributed by atoms with E-state index >= 15 is 0 Å². The van der Waals surface area contributed by atoms with Gasteiger partial charge in [0.1, 0.15) is 12.0 Å². The maximum absolute atomic E-state index is 11.9. The highest BCUT2D eigenvalue weighted by Crippen LogP contribution is 2.24. The number of phenols is 1. The summed E-state index contributed by atoms with van der Waals surface area (Å²) in [6.07, 6.45) is 0.728. The highest BCUT2D eigenvalue weighted by molar-refractivity contribution is 6.32. The summed E-state index contributed by atoms with van der Waals surface area (Å²) in [7, 11) is 0. The molecule has 0 saturated carbocycles. The van der Waals surface area contributed by atoms with Crippen LogP contribution >= 0.6 is 11.6 Å². The second-order valence-electron chi connectivity index (χ2n) is 3.86. The zero-order chi connectivity index (χ0) is 13.8. The van der Waals surface area contributed by atoms with Gasteiger partial charge >= 0.3 is 0 Å². The van der Waals surface area contributed by atoms with E-state index in [0.29, 0.717) is 16.8 Å². The van der Waals surface area contributed by atoms with Crippen molar-refractivity contribution in [3.8, 4) is 5.75 Å². The maximum atomic E-state index is 11.9. The molecule has 2 aromatic rings. The molecule has 4 nitrogen and oxygen atoms in total. The Balaban J connectivity index is 2.15. The van der Waals surface area contributed by atoms with Gasteiger partial charge in [0.05, 0.1) is 5.02 Å². The number of anilines is 1. The van der Waals surface area contributed by atoms with Gasteiger partial charge in [-0.15, -0.1) is 0 Å². The molecule has 0 unspecified atom stereocenters. The minimum atomic E-state index is -0.347. The zero-order valence-electron chi connectivity index (χ0n) is 9.76. The molecule has 1 amide bonds. The summed E-state index contributed by atoms with van der Waals surface area (Å²) in [5, 5.41) is 12.1. The number of hydrogen-bond donors (Lipinski definition) is 2. The Hall–Kier alpha value is -2.33. The third-order valence-corrected chi connectivity index (χ3v) is 2.82. The van der Waals surface area contributed by atoms with Crippen LogP contribution in [0.2, 0.25) is 5.02 Å². The van der Waals surface area contributed by atoms with Crippen molar-refractivity contribution in [1.82, 2.24) is 0 Å². The first-order chi connectivity index (χ1) is 9.10. The van der Waals surface area contributed by atoms with Crippen molar-refractivity contribution in [3.05, 3.63) is 58.6 Å². The van der Waals surface area contributed by atoms with Crippen LogP contribution in [0.25, 0.3) is 0 Å². The lowest BCUT2D eigenvalue weighted by Crippen LogP contribution is -2.11. The van der Waals surface area contributed by atoms with Crippen molar-refractivity contribution in [2.75, 3.05) is 5.32 Å². The Morgan fingerprint density at radius 3 is 2.42 bits per heavy atom. The number of halogens is 1. The molecule has 0 bridgehead atoms. The molecule has 0 aromatic heterocycles. The molecule has 2 aromatic carbocycles. The lowest BCUT2D eigenvalue weighted by Gasteiger charge is -2.06. The molecule has 0 fully saturated rings. The molecular weight excluding hydrogens is 266 g/mol. The second-order valence-corrected chi connectivity index (χ2v) is 4.27. The van der Waals surface area contributed by atoms with E-state index in [9.17, 15) is 14.7 Å². The summed E-state index contributed by atoms with van der Waals surface area (Å²) >= 11 is 5.73.